The van der Waals surface area contributed by atoms with Gasteiger partial charge in [0.2, 0.25) is 6.41 Å². The first kappa shape index (κ1) is 9.75. The summed E-state index contributed by atoms with van der Waals surface area (Å²) in [7, 11) is 0. The van der Waals surface area contributed by atoms with Crippen LogP contribution in [-0.2, 0) is 4.79 Å². The minimum absolute atomic E-state index is 0.570. The number of halogens is 1. The molecule has 4 heteroatoms. The molecule has 1 N–H and O–H groups in total. The van der Waals surface area contributed by atoms with E-state index >= 15 is 0 Å². The third-order valence-electron chi connectivity index (χ3n) is 1.62. The summed E-state index contributed by atoms with van der Waals surface area (Å²) in [5, 5.41) is 11.2. The number of nitrogens with zero attached hydrogens (tertiary/aromatic N) is 1. The van der Waals surface area contributed by atoms with E-state index in [-0.39, 0.29) is 0 Å². The van der Waals surface area contributed by atoms with E-state index in [0.717, 1.165) is 10.0 Å². The SMILES string of the molecule is Cc1cc(C#N)cc(Br)c1NC=O. The van der Waals surface area contributed by atoms with E-state index in [1.54, 1.807) is 12.1 Å². The van der Waals surface area contributed by atoms with Crippen molar-refractivity contribution in [2.24, 2.45) is 0 Å². The van der Waals surface area contributed by atoms with E-state index in [4.69, 9.17) is 5.26 Å². The van der Waals surface area contributed by atoms with Gasteiger partial charge in [0, 0.05) is 4.47 Å². The molecule has 0 aromatic heterocycles. The summed E-state index contributed by atoms with van der Waals surface area (Å²) in [5.41, 5.74) is 2.13. The quantitative estimate of drug-likeness (QED) is 0.804. The lowest BCUT2D eigenvalue weighted by Gasteiger charge is -2.06. The second-order valence-electron chi connectivity index (χ2n) is 2.52. The Morgan fingerprint density at radius 3 is 2.77 bits per heavy atom. The van der Waals surface area contributed by atoms with Crippen LogP contribution in [0.25, 0.3) is 0 Å². The molecule has 0 heterocycles. The average molecular weight is 239 g/mol. The largest absolute Gasteiger partial charge is 0.327 e. The van der Waals surface area contributed by atoms with Gasteiger partial charge in [-0.25, -0.2) is 0 Å². The fourth-order valence-corrected chi connectivity index (χ4v) is 1.72. The molecule has 13 heavy (non-hydrogen) atoms. The van der Waals surface area contributed by atoms with Crippen LogP contribution in [-0.4, -0.2) is 6.41 Å². The molecule has 0 unspecified atom stereocenters. The number of hydrogen-bond acceptors (Lipinski definition) is 2. The van der Waals surface area contributed by atoms with E-state index in [1.165, 1.54) is 0 Å². The molecule has 0 saturated heterocycles. The zero-order valence-corrected chi connectivity index (χ0v) is 8.55. The van der Waals surface area contributed by atoms with Gasteiger partial charge in [-0.05, 0) is 40.5 Å². The van der Waals surface area contributed by atoms with Gasteiger partial charge in [0.25, 0.3) is 0 Å². The van der Waals surface area contributed by atoms with Crippen LogP contribution in [0.15, 0.2) is 16.6 Å². The molecule has 1 aromatic rings. The van der Waals surface area contributed by atoms with Crippen molar-refractivity contribution in [2.75, 3.05) is 5.32 Å². The second-order valence-corrected chi connectivity index (χ2v) is 3.38. The Morgan fingerprint density at radius 2 is 2.31 bits per heavy atom. The molecule has 1 aromatic carbocycles. The highest BCUT2D eigenvalue weighted by Gasteiger charge is 2.04. The highest BCUT2D eigenvalue weighted by atomic mass is 79.9. The summed E-state index contributed by atoms with van der Waals surface area (Å²) < 4.78 is 0.719. The Bertz CT molecular complexity index is 359. The molecule has 0 atom stereocenters. The number of nitriles is 1. The monoisotopic (exact) mass is 238 g/mol. The van der Waals surface area contributed by atoms with Crippen molar-refractivity contribution in [3.63, 3.8) is 0 Å². The normalized spacial score (nSPS) is 9.00. The molecule has 0 aliphatic rings. The molecule has 3 nitrogen and oxygen atoms in total. The average Bonchev–Trinajstić information content (AvgIpc) is 2.11. The molecule has 0 aliphatic carbocycles. The van der Waals surface area contributed by atoms with Gasteiger partial charge in [-0.1, -0.05) is 0 Å². The number of anilines is 1. The minimum Gasteiger partial charge on any atom is -0.327 e. The van der Waals surface area contributed by atoms with Gasteiger partial charge in [-0.3, -0.25) is 4.79 Å². The van der Waals surface area contributed by atoms with Crippen LogP contribution in [0.2, 0.25) is 0 Å². The van der Waals surface area contributed by atoms with E-state index in [9.17, 15) is 4.79 Å². The minimum atomic E-state index is 0.570. The van der Waals surface area contributed by atoms with Crippen LogP contribution in [0.1, 0.15) is 11.1 Å². The van der Waals surface area contributed by atoms with Crippen molar-refractivity contribution in [3.05, 3.63) is 27.7 Å². The van der Waals surface area contributed by atoms with Crippen LogP contribution < -0.4 is 5.32 Å². The van der Waals surface area contributed by atoms with Crippen molar-refractivity contribution in [2.45, 2.75) is 6.92 Å². The third-order valence-corrected chi connectivity index (χ3v) is 2.25. The zero-order chi connectivity index (χ0) is 9.84. The number of rotatable bonds is 2. The van der Waals surface area contributed by atoms with Gasteiger partial charge in [0.15, 0.2) is 0 Å². The lowest BCUT2D eigenvalue weighted by molar-refractivity contribution is -0.105. The maximum absolute atomic E-state index is 10.2. The molecule has 0 spiro atoms. The summed E-state index contributed by atoms with van der Waals surface area (Å²) in [5.74, 6) is 0. The molecule has 0 bridgehead atoms. The van der Waals surface area contributed by atoms with Gasteiger partial charge in [0.05, 0.1) is 17.3 Å². The van der Waals surface area contributed by atoms with Gasteiger partial charge in [-0.2, -0.15) is 5.26 Å². The van der Waals surface area contributed by atoms with Crippen molar-refractivity contribution in [1.82, 2.24) is 0 Å². The fourth-order valence-electron chi connectivity index (χ4n) is 1.05. The molecular weight excluding hydrogens is 232 g/mol. The van der Waals surface area contributed by atoms with Crippen molar-refractivity contribution in [1.29, 1.82) is 5.26 Å². The van der Waals surface area contributed by atoms with Crippen molar-refractivity contribution < 1.29 is 4.79 Å². The number of benzene rings is 1. The fraction of sp³-hybridized carbons (Fsp3) is 0.111. The molecule has 0 radical (unpaired) electrons. The van der Waals surface area contributed by atoms with Crippen LogP contribution in [0, 0.1) is 18.3 Å². The first-order valence-corrected chi connectivity index (χ1v) is 4.38. The molecule has 0 saturated carbocycles. The van der Waals surface area contributed by atoms with Crippen molar-refractivity contribution in [3.8, 4) is 6.07 Å². The maximum atomic E-state index is 10.2. The molecule has 1 rings (SSSR count). The predicted molar refractivity (Wildman–Crippen MR) is 53.3 cm³/mol. The maximum Gasteiger partial charge on any atom is 0.211 e. The van der Waals surface area contributed by atoms with Gasteiger partial charge in [-0.15, -0.1) is 0 Å². The topological polar surface area (TPSA) is 52.9 Å². The van der Waals surface area contributed by atoms with Gasteiger partial charge >= 0.3 is 0 Å². The number of carbonyl (C=O) groups excluding carboxylic acids is 1. The Labute approximate surface area is 84.5 Å². The first-order chi connectivity index (χ1) is 6.19. The van der Waals surface area contributed by atoms with Crippen LogP contribution in [0.3, 0.4) is 0 Å². The zero-order valence-electron chi connectivity index (χ0n) is 6.97. The Balaban J connectivity index is 3.24. The highest BCUT2D eigenvalue weighted by Crippen LogP contribution is 2.27. The molecular formula is C9H7BrN2O. The lowest BCUT2D eigenvalue weighted by atomic mass is 10.1. The standard InChI is InChI=1S/C9H7BrN2O/c1-6-2-7(4-11)3-8(10)9(6)12-5-13/h2-3,5H,1H3,(H,12,13). The molecule has 0 aliphatic heterocycles. The number of carbonyl (C=O) groups is 1. The van der Waals surface area contributed by atoms with Gasteiger partial charge < -0.3 is 5.32 Å². The Morgan fingerprint density at radius 1 is 1.62 bits per heavy atom. The summed E-state index contributed by atoms with van der Waals surface area (Å²) in [6.07, 6.45) is 0.610. The van der Waals surface area contributed by atoms with E-state index in [1.807, 2.05) is 13.0 Å². The summed E-state index contributed by atoms with van der Waals surface area (Å²) in [6.45, 7) is 1.83. The lowest BCUT2D eigenvalue weighted by Crippen LogP contribution is -1.98. The summed E-state index contributed by atoms with van der Waals surface area (Å²) in [6, 6.07) is 5.42. The molecule has 66 valence electrons. The Hall–Kier alpha value is -1.34. The summed E-state index contributed by atoms with van der Waals surface area (Å²) in [4.78, 5) is 10.2. The van der Waals surface area contributed by atoms with E-state index in [0.29, 0.717) is 17.7 Å². The van der Waals surface area contributed by atoms with Crippen LogP contribution in [0.4, 0.5) is 5.69 Å². The Kier molecular flexibility index (Phi) is 3.04. The number of hydrogen-bond donors (Lipinski definition) is 1. The number of nitrogens with one attached hydrogen (secondary N) is 1. The second kappa shape index (κ2) is 4.06. The van der Waals surface area contributed by atoms with E-state index in [2.05, 4.69) is 21.2 Å². The number of aryl methyl sites for hydroxylation is 1. The van der Waals surface area contributed by atoms with Gasteiger partial charge in [0.1, 0.15) is 0 Å². The van der Waals surface area contributed by atoms with E-state index < -0.39 is 0 Å². The molecule has 0 fully saturated rings. The smallest absolute Gasteiger partial charge is 0.211 e. The molecule has 1 amide bonds. The third kappa shape index (κ3) is 2.07. The summed E-state index contributed by atoms with van der Waals surface area (Å²) >= 11 is 3.27. The number of amides is 1. The predicted octanol–water partition coefficient (Wildman–Crippen LogP) is 2.20. The highest BCUT2D eigenvalue weighted by molar-refractivity contribution is 9.10. The van der Waals surface area contributed by atoms with Crippen LogP contribution in [0.5, 0.6) is 0 Å². The van der Waals surface area contributed by atoms with Crippen LogP contribution >= 0.6 is 15.9 Å². The van der Waals surface area contributed by atoms with Crippen molar-refractivity contribution >= 4 is 28.0 Å². The first-order valence-electron chi connectivity index (χ1n) is 3.59.